The van der Waals surface area contributed by atoms with Crippen molar-refractivity contribution in [1.82, 2.24) is 25.3 Å². The molecule has 0 aliphatic rings. The molecule has 1 aromatic heterocycles. The van der Waals surface area contributed by atoms with Crippen molar-refractivity contribution in [2.45, 2.75) is 65.0 Å². The molecule has 1 heterocycles. The van der Waals surface area contributed by atoms with Crippen LogP contribution >= 0.6 is 24.0 Å². The molecule has 0 saturated carbocycles. The standard InChI is InChI=1S/C19H38N6.HI/c1-7-9-10-11-12-16(3)23-19(20-8-2)21-14-18(24(4)5)17-13-22-25(6)15-17;/h13,15-16,18H,7-12,14H2,1-6H3,(H2,20,21,23);1H. The van der Waals surface area contributed by atoms with Gasteiger partial charge in [-0.1, -0.05) is 32.6 Å². The van der Waals surface area contributed by atoms with Crippen LogP contribution in [0.25, 0.3) is 0 Å². The third-order valence-corrected chi connectivity index (χ3v) is 4.37. The zero-order valence-corrected chi connectivity index (χ0v) is 19.8. The molecular formula is C19H39IN6. The average molecular weight is 478 g/mol. The van der Waals surface area contributed by atoms with Gasteiger partial charge in [0, 0.05) is 31.4 Å². The molecule has 26 heavy (non-hydrogen) atoms. The van der Waals surface area contributed by atoms with Crippen LogP contribution in [0.2, 0.25) is 0 Å². The molecule has 1 aromatic rings. The zero-order valence-electron chi connectivity index (χ0n) is 17.5. The van der Waals surface area contributed by atoms with Crippen LogP contribution in [-0.4, -0.2) is 53.9 Å². The Balaban J connectivity index is 0.00000625. The van der Waals surface area contributed by atoms with Gasteiger partial charge >= 0.3 is 0 Å². The fraction of sp³-hybridized carbons (Fsp3) is 0.789. The van der Waals surface area contributed by atoms with E-state index in [4.69, 9.17) is 4.99 Å². The highest BCUT2D eigenvalue weighted by Crippen LogP contribution is 2.17. The van der Waals surface area contributed by atoms with E-state index in [-0.39, 0.29) is 30.0 Å². The number of nitrogens with zero attached hydrogens (tertiary/aromatic N) is 4. The van der Waals surface area contributed by atoms with E-state index in [9.17, 15) is 0 Å². The van der Waals surface area contributed by atoms with Gasteiger partial charge in [0.25, 0.3) is 0 Å². The van der Waals surface area contributed by atoms with E-state index in [0.717, 1.165) is 12.5 Å². The van der Waals surface area contributed by atoms with Crippen LogP contribution in [0.4, 0.5) is 0 Å². The van der Waals surface area contributed by atoms with Crippen LogP contribution in [0, 0.1) is 0 Å². The fourth-order valence-electron chi connectivity index (χ4n) is 2.86. The van der Waals surface area contributed by atoms with Crippen molar-refractivity contribution >= 4 is 29.9 Å². The number of aromatic nitrogens is 2. The number of rotatable bonds is 11. The fourth-order valence-corrected chi connectivity index (χ4v) is 2.86. The summed E-state index contributed by atoms with van der Waals surface area (Å²) in [6.07, 6.45) is 10.4. The molecule has 0 aliphatic heterocycles. The van der Waals surface area contributed by atoms with E-state index < -0.39 is 0 Å². The van der Waals surface area contributed by atoms with Gasteiger partial charge in [0.15, 0.2) is 5.96 Å². The summed E-state index contributed by atoms with van der Waals surface area (Å²) in [5, 5.41) is 11.2. The summed E-state index contributed by atoms with van der Waals surface area (Å²) in [7, 11) is 6.12. The molecule has 0 aliphatic carbocycles. The summed E-state index contributed by atoms with van der Waals surface area (Å²) in [6, 6.07) is 0.662. The van der Waals surface area contributed by atoms with E-state index in [1.807, 2.05) is 17.9 Å². The van der Waals surface area contributed by atoms with Gasteiger partial charge in [-0.15, -0.1) is 24.0 Å². The Morgan fingerprint density at radius 2 is 2.00 bits per heavy atom. The zero-order chi connectivity index (χ0) is 18.7. The molecule has 6 nitrogen and oxygen atoms in total. The lowest BCUT2D eigenvalue weighted by atomic mass is 10.1. The third kappa shape index (κ3) is 9.75. The van der Waals surface area contributed by atoms with Gasteiger partial charge in [0.1, 0.15) is 0 Å². The van der Waals surface area contributed by atoms with E-state index in [0.29, 0.717) is 12.6 Å². The van der Waals surface area contributed by atoms with Crippen LogP contribution in [0.3, 0.4) is 0 Å². The number of hydrogen-bond donors (Lipinski definition) is 2. The van der Waals surface area contributed by atoms with Gasteiger partial charge in [0.2, 0.25) is 0 Å². The molecular weight excluding hydrogens is 439 g/mol. The lowest BCUT2D eigenvalue weighted by molar-refractivity contribution is 0.306. The Morgan fingerprint density at radius 3 is 2.54 bits per heavy atom. The summed E-state index contributed by atoms with van der Waals surface area (Å²) < 4.78 is 1.84. The molecule has 7 heteroatoms. The Morgan fingerprint density at radius 1 is 1.27 bits per heavy atom. The predicted octanol–water partition coefficient (Wildman–Crippen LogP) is 3.55. The smallest absolute Gasteiger partial charge is 0.191 e. The Labute approximate surface area is 177 Å². The monoisotopic (exact) mass is 478 g/mol. The van der Waals surface area contributed by atoms with Crippen LogP contribution in [0.5, 0.6) is 0 Å². The normalized spacial score (nSPS) is 14.0. The maximum atomic E-state index is 4.82. The van der Waals surface area contributed by atoms with E-state index >= 15 is 0 Å². The van der Waals surface area contributed by atoms with Crippen molar-refractivity contribution in [3.8, 4) is 0 Å². The average Bonchev–Trinajstić information content (AvgIpc) is 2.97. The highest BCUT2D eigenvalue weighted by atomic mass is 127. The van der Waals surface area contributed by atoms with E-state index in [1.54, 1.807) is 0 Å². The van der Waals surface area contributed by atoms with Gasteiger partial charge in [-0.3, -0.25) is 9.67 Å². The second kappa shape index (κ2) is 14.3. The topological polar surface area (TPSA) is 57.5 Å². The molecule has 0 aromatic carbocycles. The van der Waals surface area contributed by atoms with Crippen molar-refractivity contribution in [2.24, 2.45) is 12.0 Å². The highest BCUT2D eigenvalue weighted by Gasteiger charge is 2.16. The van der Waals surface area contributed by atoms with Crippen LogP contribution < -0.4 is 10.6 Å². The summed E-state index contributed by atoms with van der Waals surface area (Å²) >= 11 is 0. The van der Waals surface area contributed by atoms with Gasteiger partial charge in [0.05, 0.1) is 18.8 Å². The number of halogens is 1. The summed E-state index contributed by atoms with van der Waals surface area (Å²) in [5.74, 6) is 0.904. The summed E-state index contributed by atoms with van der Waals surface area (Å²) in [6.45, 7) is 8.17. The molecule has 0 spiro atoms. The van der Waals surface area contributed by atoms with Crippen molar-refractivity contribution in [3.05, 3.63) is 18.0 Å². The second-order valence-corrected chi connectivity index (χ2v) is 7.04. The quantitative estimate of drug-likeness (QED) is 0.221. The lowest BCUT2D eigenvalue weighted by Gasteiger charge is -2.23. The van der Waals surface area contributed by atoms with Gasteiger partial charge < -0.3 is 15.5 Å². The van der Waals surface area contributed by atoms with E-state index in [1.165, 1.54) is 37.7 Å². The molecule has 2 atom stereocenters. The number of unbranched alkanes of at least 4 members (excludes halogenated alkanes) is 3. The maximum absolute atomic E-state index is 4.82. The van der Waals surface area contributed by atoms with Gasteiger partial charge in [-0.05, 0) is 34.4 Å². The molecule has 2 unspecified atom stereocenters. The third-order valence-electron chi connectivity index (χ3n) is 4.37. The van der Waals surface area contributed by atoms with Crippen molar-refractivity contribution in [2.75, 3.05) is 27.2 Å². The number of aryl methyl sites for hydroxylation is 1. The van der Waals surface area contributed by atoms with Crippen molar-refractivity contribution in [3.63, 3.8) is 0 Å². The van der Waals surface area contributed by atoms with Crippen LogP contribution in [0.15, 0.2) is 17.4 Å². The predicted molar refractivity (Wildman–Crippen MR) is 122 cm³/mol. The molecule has 0 saturated heterocycles. The Bertz CT molecular complexity index is 500. The highest BCUT2D eigenvalue weighted by molar-refractivity contribution is 14.0. The summed E-state index contributed by atoms with van der Waals surface area (Å²) in [5.41, 5.74) is 1.19. The molecule has 0 amide bonds. The van der Waals surface area contributed by atoms with Crippen LogP contribution in [0.1, 0.15) is 64.5 Å². The number of likely N-dealkylation sites (N-methyl/N-ethyl adjacent to an activating group) is 1. The molecule has 0 fully saturated rings. The minimum Gasteiger partial charge on any atom is -0.357 e. The SMILES string of the molecule is CCCCCCC(C)NC(=NCC(c1cnn(C)c1)N(C)C)NCC.I. The first-order valence-electron chi connectivity index (χ1n) is 9.67. The minimum atomic E-state index is 0. The number of guanidine groups is 1. The summed E-state index contributed by atoms with van der Waals surface area (Å²) in [4.78, 5) is 7.01. The Kier molecular flexibility index (Phi) is 13.8. The first kappa shape index (κ1) is 25.2. The number of aliphatic imine (C=N–C) groups is 1. The van der Waals surface area contributed by atoms with E-state index in [2.05, 4.69) is 61.7 Å². The molecule has 152 valence electrons. The molecule has 2 N–H and O–H groups in total. The maximum Gasteiger partial charge on any atom is 0.191 e. The first-order valence-corrected chi connectivity index (χ1v) is 9.67. The van der Waals surface area contributed by atoms with Crippen molar-refractivity contribution < 1.29 is 0 Å². The second-order valence-electron chi connectivity index (χ2n) is 7.04. The Hall–Kier alpha value is -0.830. The van der Waals surface area contributed by atoms with Gasteiger partial charge in [-0.25, -0.2) is 0 Å². The van der Waals surface area contributed by atoms with Crippen molar-refractivity contribution in [1.29, 1.82) is 0 Å². The minimum absolute atomic E-state index is 0. The number of nitrogens with one attached hydrogen (secondary N) is 2. The largest absolute Gasteiger partial charge is 0.357 e. The van der Waals surface area contributed by atoms with Gasteiger partial charge in [-0.2, -0.15) is 5.10 Å². The molecule has 0 bridgehead atoms. The molecule has 0 radical (unpaired) electrons. The first-order chi connectivity index (χ1) is 12.0. The lowest BCUT2D eigenvalue weighted by Crippen LogP contribution is -2.42. The number of hydrogen-bond acceptors (Lipinski definition) is 3. The van der Waals surface area contributed by atoms with Crippen LogP contribution in [-0.2, 0) is 7.05 Å². The molecule has 1 rings (SSSR count).